The van der Waals surface area contributed by atoms with Gasteiger partial charge in [0.1, 0.15) is 24.0 Å². The predicted octanol–water partition coefficient (Wildman–Crippen LogP) is 2.69. The van der Waals surface area contributed by atoms with Gasteiger partial charge in [-0.3, -0.25) is 9.32 Å². The molecular weight excluding hydrogens is 493 g/mol. The zero-order valence-electron chi connectivity index (χ0n) is 19.9. The number of nitrogens with one attached hydrogen (secondary N) is 1. The van der Waals surface area contributed by atoms with Gasteiger partial charge in [-0.2, -0.15) is 10.1 Å². The highest BCUT2D eigenvalue weighted by Crippen LogP contribution is 2.47. The van der Waals surface area contributed by atoms with Gasteiger partial charge >= 0.3 is 13.7 Å². The lowest BCUT2D eigenvalue weighted by Crippen LogP contribution is -2.36. The van der Waals surface area contributed by atoms with Crippen LogP contribution in [0.2, 0.25) is 0 Å². The van der Waals surface area contributed by atoms with Crippen molar-refractivity contribution in [3.05, 3.63) is 42.7 Å². The van der Waals surface area contributed by atoms with E-state index in [0.717, 1.165) is 0 Å². The summed E-state index contributed by atoms with van der Waals surface area (Å²) in [4.78, 5) is 22.1. The molecule has 0 aromatic heterocycles. The van der Waals surface area contributed by atoms with E-state index >= 15 is 0 Å². The van der Waals surface area contributed by atoms with Gasteiger partial charge in [0.15, 0.2) is 0 Å². The maximum absolute atomic E-state index is 13.6. The van der Waals surface area contributed by atoms with Gasteiger partial charge in [-0.05, 0) is 25.0 Å². The molecule has 2 heterocycles. The summed E-state index contributed by atoms with van der Waals surface area (Å²) in [6.07, 6.45) is 1.15. The van der Waals surface area contributed by atoms with Crippen molar-refractivity contribution in [1.29, 1.82) is 0 Å². The summed E-state index contributed by atoms with van der Waals surface area (Å²) in [5.41, 5.74) is 5.60. The molecule has 5 atom stereocenters. The number of aliphatic imine (C=N–C) groups is 2. The van der Waals surface area contributed by atoms with E-state index in [1.165, 1.54) is 25.0 Å². The molecule has 4 N–H and O–H groups in total. The van der Waals surface area contributed by atoms with Gasteiger partial charge in [0.2, 0.25) is 5.96 Å². The molecule has 2 aliphatic rings. The van der Waals surface area contributed by atoms with Crippen LogP contribution >= 0.6 is 19.5 Å². The van der Waals surface area contributed by atoms with Crippen LogP contribution in [0.15, 0.2) is 52.7 Å². The van der Waals surface area contributed by atoms with Crippen LogP contribution in [-0.2, 0) is 18.6 Å². The number of para-hydroxylation sites is 1. The Bertz CT molecular complexity index is 1010. The van der Waals surface area contributed by atoms with Crippen molar-refractivity contribution >= 4 is 37.8 Å². The second-order valence-electron chi connectivity index (χ2n) is 8.54. The quantitative estimate of drug-likeness (QED) is 0.291. The first-order chi connectivity index (χ1) is 16.6. The van der Waals surface area contributed by atoms with Crippen LogP contribution < -0.4 is 15.3 Å². The molecule has 35 heavy (non-hydrogen) atoms. The van der Waals surface area contributed by atoms with E-state index < -0.39 is 31.1 Å². The van der Waals surface area contributed by atoms with Crippen LogP contribution in [0.25, 0.3) is 0 Å². The molecular formula is C22H32N5O6PS. The van der Waals surface area contributed by atoms with E-state index in [4.69, 9.17) is 19.5 Å². The number of guanidine groups is 1. The minimum Gasteiger partial charge on any atom is -0.464 e. The van der Waals surface area contributed by atoms with Gasteiger partial charge in [0, 0.05) is 6.42 Å². The smallest absolute Gasteiger partial charge is 0.459 e. The highest BCUT2D eigenvalue weighted by atomic mass is 32.2. The number of hydrogen-bond donors (Lipinski definition) is 3. The first-order valence-corrected chi connectivity index (χ1v) is 13.7. The largest absolute Gasteiger partial charge is 0.464 e. The summed E-state index contributed by atoms with van der Waals surface area (Å²) in [5.74, 6) is 0.418. The zero-order valence-corrected chi connectivity index (χ0v) is 21.7. The van der Waals surface area contributed by atoms with E-state index in [2.05, 4.69) is 21.7 Å². The van der Waals surface area contributed by atoms with Crippen molar-refractivity contribution in [3.63, 3.8) is 0 Å². The summed E-state index contributed by atoms with van der Waals surface area (Å²) in [5, 5.41) is 12.6. The standard InChI is InChI=1S/C22H32N5O6PS/c1-14(2)11-31-21(29)15(3)26-34(30,33-17-8-6-5-7-9-17)32-12-19-18(28)10-20(35-19)27-13-24-22(23)25-16(27)4/h5-9,13-15,18-20,28H,4,10-12H2,1-3H3,(H2,23,25)(H,26,30)/t15-,18+,19+,20+,34?/m0/s1. The molecule has 0 saturated carbocycles. The van der Waals surface area contributed by atoms with Crippen LogP contribution in [0.1, 0.15) is 27.2 Å². The Labute approximate surface area is 209 Å². The van der Waals surface area contributed by atoms with Gasteiger partial charge in [-0.15, -0.1) is 11.8 Å². The molecule has 1 aromatic carbocycles. The molecule has 1 aromatic rings. The van der Waals surface area contributed by atoms with Crippen LogP contribution in [0.3, 0.4) is 0 Å². The number of nitrogens with two attached hydrogens (primary N) is 1. The molecule has 192 valence electrons. The maximum atomic E-state index is 13.6. The fraction of sp³-hybridized carbons (Fsp3) is 0.500. The molecule has 3 rings (SSSR count). The van der Waals surface area contributed by atoms with Crippen molar-refractivity contribution in [3.8, 4) is 5.75 Å². The number of esters is 1. The minimum atomic E-state index is -4.02. The lowest BCUT2D eigenvalue weighted by molar-refractivity contribution is -0.146. The molecule has 1 fully saturated rings. The third kappa shape index (κ3) is 7.81. The highest BCUT2D eigenvalue weighted by molar-refractivity contribution is 8.00. The lowest BCUT2D eigenvalue weighted by Gasteiger charge is -2.27. The topological polar surface area (TPSA) is 148 Å². The average Bonchev–Trinajstić information content (AvgIpc) is 3.16. The van der Waals surface area contributed by atoms with Crippen LogP contribution in [0.4, 0.5) is 0 Å². The normalized spacial score (nSPS) is 24.7. The van der Waals surface area contributed by atoms with Gasteiger partial charge in [-0.1, -0.05) is 38.6 Å². The van der Waals surface area contributed by atoms with E-state index in [1.807, 2.05) is 13.8 Å². The Kier molecular flexibility index (Phi) is 9.37. The molecule has 0 radical (unpaired) electrons. The fourth-order valence-corrected chi connectivity index (χ4v) is 6.30. The predicted molar refractivity (Wildman–Crippen MR) is 136 cm³/mol. The lowest BCUT2D eigenvalue weighted by atomic mass is 10.2. The van der Waals surface area contributed by atoms with Gasteiger partial charge in [0.25, 0.3) is 0 Å². The first kappa shape index (κ1) is 27.2. The van der Waals surface area contributed by atoms with Crippen molar-refractivity contribution in [2.24, 2.45) is 21.6 Å². The highest BCUT2D eigenvalue weighted by Gasteiger charge is 2.40. The third-order valence-corrected chi connectivity index (χ3v) is 8.19. The summed E-state index contributed by atoms with van der Waals surface area (Å²) in [7, 11) is -4.02. The third-order valence-electron chi connectivity index (χ3n) is 5.01. The minimum absolute atomic E-state index is 0.101. The number of carbonyl (C=O) groups is 1. The molecule has 1 saturated heterocycles. The second kappa shape index (κ2) is 12.0. The summed E-state index contributed by atoms with van der Waals surface area (Å²) >= 11 is 1.41. The number of ether oxygens (including phenoxy) is 1. The molecule has 2 aliphatic heterocycles. The van der Waals surface area contributed by atoms with Crippen molar-refractivity contribution in [2.45, 2.75) is 50.0 Å². The number of hydrogen-bond acceptors (Lipinski definition) is 11. The molecule has 0 amide bonds. The Morgan fingerprint density at radius 1 is 1.37 bits per heavy atom. The summed E-state index contributed by atoms with van der Waals surface area (Å²) < 4.78 is 30.3. The van der Waals surface area contributed by atoms with E-state index in [9.17, 15) is 14.5 Å². The van der Waals surface area contributed by atoms with Crippen LogP contribution in [-0.4, -0.2) is 64.3 Å². The van der Waals surface area contributed by atoms with Crippen LogP contribution in [0.5, 0.6) is 5.75 Å². The van der Waals surface area contributed by atoms with Gasteiger partial charge in [-0.25, -0.2) is 9.56 Å². The van der Waals surface area contributed by atoms with E-state index in [-0.39, 0.29) is 30.5 Å². The molecule has 0 spiro atoms. The number of aliphatic hydroxyl groups excluding tert-OH is 1. The van der Waals surface area contributed by atoms with Gasteiger partial charge in [0.05, 0.1) is 29.9 Å². The summed E-state index contributed by atoms with van der Waals surface area (Å²) in [6.45, 7) is 9.37. The number of nitrogens with zero attached hydrogens (tertiary/aromatic N) is 3. The number of benzene rings is 1. The van der Waals surface area contributed by atoms with E-state index in [1.54, 1.807) is 35.2 Å². The molecule has 11 nitrogen and oxygen atoms in total. The zero-order chi connectivity index (χ0) is 25.6. The molecule has 0 aliphatic carbocycles. The Morgan fingerprint density at radius 3 is 2.74 bits per heavy atom. The molecule has 1 unspecified atom stereocenters. The Morgan fingerprint density at radius 2 is 2.09 bits per heavy atom. The van der Waals surface area contributed by atoms with Crippen molar-refractivity contribution in [1.82, 2.24) is 9.99 Å². The average molecular weight is 526 g/mol. The number of rotatable bonds is 11. The Hall–Kier alpha value is -2.37. The molecule has 13 heteroatoms. The fourth-order valence-electron chi connectivity index (χ4n) is 3.23. The SMILES string of the molecule is C=C1N=C(N)N=CN1[C@H]1C[C@@H](O)[C@@H](COP(=O)(N[C@@H](C)C(=O)OCC(C)C)Oc2ccccc2)S1. The first-order valence-electron chi connectivity index (χ1n) is 11.2. The monoisotopic (exact) mass is 525 g/mol. The van der Waals surface area contributed by atoms with Crippen molar-refractivity contribution < 1.29 is 28.3 Å². The molecule has 0 bridgehead atoms. The van der Waals surface area contributed by atoms with Crippen molar-refractivity contribution in [2.75, 3.05) is 13.2 Å². The van der Waals surface area contributed by atoms with Gasteiger partial charge < -0.3 is 25.0 Å². The number of carbonyl (C=O) groups excluding carboxylic acids is 1. The Balaban J connectivity index is 1.66. The number of aliphatic hydroxyl groups is 1. The summed E-state index contributed by atoms with van der Waals surface area (Å²) in [6, 6.07) is 7.55. The van der Waals surface area contributed by atoms with E-state index in [0.29, 0.717) is 18.0 Å². The maximum Gasteiger partial charge on any atom is 0.459 e. The number of thioether (sulfide) groups is 1. The van der Waals surface area contributed by atoms with Crippen LogP contribution in [0, 0.1) is 5.92 Å². The second-order valence-corrected chi connectivity index (χ2v) is 11.7.